The van der Waals surface area contributed by atoms with E-state index in [0.29, 0.717) is 11.3 Å². The Balaban J connectivity index is 1.93. The number of aliphatic carboxylic acids is 1. The topological polar surface area (TPSA) is 105 Å². The number of hydrogen-bond donors (Lipinski definition) is 2. The van der Waals surface area contributed by atoms with Crippen LogP contribution >= 0.6 is 12.2 Å². The van der Waals surface area contributed by atoms with Crippen molar-refractivity contribution in [1.82, 2.24) is 5.32 Å². The van der Waals surface area contributed by atoms with Crippen LogP contribution in [0.15, 0.2) is 48.0 Å². The lowest BCUT2D eigenvalue weighted by atomic mass is 9.87. The minimum Gasteiger partial charge on any atom is -0.493 e. The number of nitrogens with one attached hydrogen (secondary N) is 1. The van der Waals surface area contributed by atoms with E-state index >= 15 is 0 Å². The smallest absolute Gasteiger partial charge is 0.341 e. The third-order valence-corrected chi connectivity index (χ3v) is 5.23. The zero-order valence-corrected chi connectivity index (χ0v) is 19.5. The van der Waals surface area contributed by atoms with E-state index in [1.165, 1.54) is 24.2 Å². The van der Waals surface area contributed by atoms with Crippen molar-refractivity contribution < 1.29 is 29.0 Å². The number of amides is 2. The molecule has 1 saturated heterocycles. The molecule has 0 aliphatic carbocycles. The fourth-order valence-electron chi connectivity index (χ4n) is 3.20. The van der Waals surface area contributed by atoms with E-state index in [-0.39, 0.29) is 27.6 Å². The number of anilines is 1. The standard InChI is InChI=1S/C24H24N2O6S/c1-24(2,3)15-6-8-16(9-7-15)26-22(30)17(21(29)25-23(26)33)11-14-5-10-18(19(12-14)31-4)32-13-20(27)28/h5-12H,13H2,1-4H3,(H,27,28)(H,25,29,33)/b17-11+. The first-order valence-corrected chi connectivity index (χ1v) is 10.5. The van der Waals surface area contributed by atoms with Crippen molar-refractivity contribution >= 4 is 46.9 Å². The van der Waals surface area contributed by atoms with Gasteiger partial charge in [-0.25, -0.2) is 4.79 Å². The summed E-state index contributed by atoms with van der Waals surface area (Å²) in [5.41, 5.74) is 1.97. The molecule has 0 aromatic heterocycles. The van der Waals surface area contributed by atoms with Crippen LogP contribution in [0.5, 0.6) is 11.5 Å². The largest absolute Gasteiger partial charge is 0.493 e. The van der Waals surface area contributed by atoms with Crippen LogP contribution in [0.1, 0.15) is 31.9 Å². The summed E-state index contributed by atoms with van der Waals surface area (Å²) in [6, 6.07) is 12.1. The third-order valence-electron chi connectivity index (χ3n) is 4.94. The Bertz CT molecular complexity index is 1150. The number of methoxy groups -OCH3 is 1. The Morgan fingerprint density at radius 3 is 2.36 bits per heavy atom. The molecule has 2 aromatic carbocycles. The lowest BCUT2D eigenvalue weighted by molar-refractivity contribution is -0.139. The van der Waals surface area contributed by atoms with Crippen LogP contribution < -0.4 is 19.7 Å². The Kier molecular flexibility index (Phi) is 6.83. The number of thiocarbonyl (C=S) groups is 1. The van der Waals surface area contributed by atoms with Gasteiger partial charge in [0.2, 0.25) is 0 Å². The molecule has 2 amide bonds. The van der Waals surface area contributed by atoms with Crippen LogP contribution in [0.3, 0.4) is 0 Å². The molecule has 9 heteroatoms. The molecule has 0 saturated carbocycles. The maximum absolute atomic E-state index is 13.2. The van der Waals surface area contributed by atoms with E-state index < -0.39 is 24.4 Å². The summed E-state index contributed by atoms with van der Waals surface area (Å²) in [6.07, 6.45) is 1.42. The summed E-state index contributed by atoms with van der Waals surface area (Å²) in [4.78, 5) is 37.8. The van der Waals surface area contributed by atoms with Crippen LogP contribution in [-0.4, -0.2) is 41.7 Å². The van der Waals surface area contributed by atoms with Crippen molar-refractivity contribution in [2.24, 2.45) is 0 Å². The molecule has 1 aliphatic heterocycles. The molecule has 172 valence electrons. The molecule has 0 unspecified atom stereocenters. The first-order chi connectivity index (χ1) is 15.5. The first kappa shape index (κ1) is 23.9. The van der Waals surface area contributed by atoms with Crippen LogP contribution in [-0.2, 0) is 19.8 Å². The van der Waals surface area contributed by atoms with Gasteiger partial charge in [0.15, 0.2) is 23.2 Å². The molecule has 8 nitrogen and oxygen atoms in total. The summed E-state index contributed by atoms with van der Waals surface area (Å²) in [7, 11) is 1.40. The number of rotatable bonds is 6. The molecule has 2 N–H and O–H groups in total. The molecule has 3 rings (SSSR count). The minimum atomic E-state index is -1.13. The zero-order chi connectivity index (χ0) is 24.3. The fourth-order valence-corrected chi connectivity index (χ4v) is 3.48. The predicted octanol–water partition coefficient (Wildman–Crippen LogP) is 3.29. The maximum atomic E-state index is 13.2. The highest BCUT2D eigenvalue weighted by molar-refractivity contribution is 7.80. The SMILES string of the molecule is COc1cc(/C=C2\C(=O)NC(=S)N(c3ccc(C(C)(C)C)cc3)C2=O)ccc1OCC(=O)O. The van der Waals surface area contributed by atoms with E-state index in [2.05, 4.69) is 26.1 Å². The van der Waals surface area contributed by atoms with Gasteiger partial charge in [-0.15, -0.1) is 0 Å². The number of carboxylic acid groups (broad SMARTS) is 1. The molecule has 33 heavy (non-hydrogen) atoms. The summed E-state index contributed by atoms with van der Waals surface area (Å²) < 4.78 is 10.4. The van der Waals surface area contributed by atoms with Crippen molar-refractivity contribution in [3.05, 3.63) is 59.2 Å². The molecule has 1 heterocycles. The van der Waals surface area contributed by atoms with E-state index in [0.717, 1.165) is 5.56 Å². The van der Waals surface area contributed by atoms with Gasteiger partial charge in [-0.05, 0) is 59.1 Å². The zero-order valence-electron chi connectivity index (χ0n) is 18.7. The van der Waals surface area contributed by atoms with Crippen LogP contribution in [0.25, 0.3) is 6.08 Å². The van der Waals surface area contributed by atoms with Gasteiger partial charge in [-0.2, -0.15) is 0 Å². The highest BCUT2D eigenvalue weighted by atomic mass is 32.1. The third kappa shape index (κ3) is 5.38. The predicted molar refractivity (Wildman–Crippen MR) is 127 cm³/mol. The second-order valence-corrected chi connectivity index (χ2v) is 8.73. The number of hydrogen-bond acceptors (Lipinski definition) is 6. The molecule has 0 spiro atoms. The van der Waals surface area contributed by atoms with E-state index in [9.17, 15) is 14.4 Å². The Morgan fingerprint density at radius 2 is 1.79 bits per heavy atom. The number of carbonyl (C=O) groups excluding carboxylic acids is 2. The van der Waals surface area contributed by atoms with E-state index in [4.69, 9.17) is 26.8 Å². The quantitative estimate of drug-likeness (QED) is 0.381. The molecule has 1 aliphatic rings. The Labute approximate surface area is 196 Å². The fraction of sp³-hybridized carbons (Fsp3) is 0.250. The van der Waals surface area contributed by atoms with Gasteiger partial charge in [-0.1, -0.05) is 39.0 Å². The van der Waals surface area contributed by atoms with Crippen molar-refractivity contribution in [2.45, 2.75) is 26.2 Å². The number of ether oxygens (including phenoxy) is 2. The van der Waals surface area contributed by atoms with Gasteiger partial charge in [0.1, 0.15) is 5.57 Å². The minimum absolute atomic E-state index is 0.000609. The number of nitrogens with zero attached hydrogens (tertiary/aromatic N) is 1. The lowest BCUT2D eigenvalue weighted by Crippen LogP contribution is -2.54. The second kappa shape index (κ2) is 9.41. The van der Waals surface area contributed by atoms with Crippen molar-refractivity contribution in [3.63, 3.8) is 0 Å². The van der Waals surface area contributed by atoms with Gasteiger partial charge >= 0.3 is 5.97 Å². The highest BCUT2D eigenvalue weighted by Gasteiger charge is 2.34. The molecule has 0 radical (unpaired) electrons. The van der Waals surface area contributed by atoms with Crippen LogP contribution in [0.4, 0.5) is 5.69 Å². The monoisotopic (exact) mass is 468 g/mol. The Hall–Kier alpha value is -3.72. The lowest BCUT2D eigenvalue weighted by Gasteiger charge is -2.29. The number of carboxylic acids is 1. The summed E-state index contributed by atoms with van der Waals surface area (Å²) in [5, 5.41) is 11.3. The van der Waals surface area contributed by atoms with Gasteiger partial charge < -0.3 is 14.6 Å². The van der Waals surface area contributed by atoms with Crippen molar-refractivity contribution in [1.29, 1.82) is 0 Å². The first-order valence-electron chi connectivity index (χ1n) is 10.1. The summed E-state index contributed by atoms with van der Waals surface area (Å²) >= 11 is 5.26. The van der Waals surface area contributed by atoms with Gasteiger partial charge in [0.05, 0.1) is 12.8 Å². The molecule has 0 bridgehead atoms. The van der Waals surface area contributed by atoms with Crippen molar-refractivity contribution in [3.8, 4) is 11.5 Å². The molecule has 0 atom stereocenters. The van der Waals surface area contributed by atoms with Crippen LogP contribution in [0.2, 0.25) is 0 Å². The molecular formula is C24H24N2O6S. The molecule has 2 aromatic rings. The highest BCUT2D eigenvalue weighted by Crippen LogP contribution is 2.30. The number of benzene rings is 2. The second-order valence-electron chi connectivity index (χ2n) is 8.35. The normalized spacial score (nSPS) is 15.5. The summed E-state index contributed by atoms with van der Waals surface area (Å²) in [6.45, 7) is 5.74. The van der Waals surface area contributed by atoms with Gasteiger partial charge in [0.25, 0.3) is 11.8 Å². The van der Waals surface area contributed by atoms with Gasteiger partial charge in [0, 0.05) is 0 Å². The van der Waals surface area contributed by atoms with Crippen LogP contribution in [0, 0.1) is 0 Å². The van der Waals surface area contributed by atoms with Crippen molar-refractivity contribution in [2.75, 3.05) is 18.6 Å². The average molecular weight is 469 g/mol. The molecule has 1 fully saturated rings. The van der Waals surface area contributed by atoms with E-state index in [1.54, 1.807) is 24.3 Å². The maximum Gasteiger partial charge on any atom is 0.341 e. The van der Waals surface area contributed by atoms with E-state index in [1.807, 2.05) is 12.1 Å². The average Bonchev–Trinajstić information content (AvgIpc) is 2.75. The Morgan fingerprint density at radius 1 is 1.12 bits per heavy atom. The molecular weight excluding hydrogens is 444 g/mol. The number of carbonyl (C=O) groups is 3. The van der Waals surface area contributed by atoms with Gasteiger partial charge in [-0.3, -0.25) is 19.8 Å². The summed E-state index contributed by atoms with van der Waals surface area (Å²) in [5.74, 6) is -1.81.